The lowest BCUT2D eigenvalue weighted by Crippen LogP contribution is -2.42. The highest BCUT2D eigenvalue weighted by molar-refractivity contribution is 9.11. The Bertz CT molecular complexity index is 4000. The number of aliphatic imine (C=N–C) groups is 1. The van der Waals surface area contributed by atoms with E-state index < -0.39 is 69.5 Å². The first-order chi connectivity index (χ1) is 44.7. The molecule has 0 aliphatic heterocycles. The van der Waals surface area contributed by atoms with Gasteiger partial charge in [-0.1, -0.05) is 150 Å². The van der Waals surface area contributed by atoms with Gasteiger partial charge in [0.1, 0.15) is 12.7 Å². The van der Waals surface area contributed by atoms with E-state index in [0.29, 0.717) is 22.9 Å². The van der Waals surface area contributed by atoms with E-state index in [1.807, 2.05) is 73.8 Å². The normalized spacial score (nSPS) is 9.98. The van der Waals surface area contributed by atoms with Gasteiger partial charge in [0.05, 0.1) is 54.5 Å². The van der Waals surface area contributed by atoms with E-state index >= 15 is 0 Å². The number of nitrogens with two attached hydrogens (primary N) is 2. The predicted octanol–water partition coefficient (Wildman–Crippen LogP) is 18.4. The third kappa shape index (κ3) is 33.0. The fourth-order valence-electron chi connectivity index (χ4n) is 6.99. The van der Waals surface area contributed by atoms with Gasteiger partial charge in [-0.3, -0.25) is 15.9 Å². The van der Waals surface area contributed by atoms with Gasteiger partial charge in [0.2, 0.25) is 6.08 Å². The van der Waals surface area contributed by atoms with E-state index in [0.717, 1.165) is 72.3 Å². The van der Waals surface area contributed by atoms with E-state index in [1.54, 1.807) is 61.8 Å². The summed E-state index contributed by atoms with van der Waals surface area (Å²) in [6.07, 6.45) is -3.87. The summed E-state index contributed by atoms with van der Waals surface area (Å²) < 4.78 is 117. The van der Waals surface area contributed by atoms with E-state index in [4.69, 9.17) is 56.5 Å². The van der Waals surface area contributed by atoms with Crippen molar-refractivity contribution in [2.75, 3.05) is 52.2 Å². The molecule has 2 aromatic heterocycles. The minimum Gasteiger partial charge on any atom is -0.423 e. The van der Waals surface area contributed by atoms with Crippen molar-refractivity contribution in [3.8, 4) is 11.1 Å². The Labute approximate surface area is 613 Å². The number of alkyl halides is 9. The molecule has 0 radical (unpaired) electrons. The Morgan fingerprint density at radius 1 is 0.510 bits per heavy atom. The van der Waals surface area contributed by atoms with E-state index in [1.165, 1.54) is 53.3 Å². The maximum absolute atomic E-state index is 12.9. The van der Waals surface area contributed by atoms with E-state index in [2.05, 4.69) is 99.6 Å². The van der Waals surface area contributed by atoms with Crippen molar-refractivity contribution in [2.24, 2.45) is 16.7 Å². The maximum Gasteiger partial charge on any atom is 0.491 e. The molecular formula is C64H71BBr3Cl3F9N15O5. The van der Waals surface area contributed by atoms with Crippen LogP contribution in [-0.2, 0) is 23.3 Å². The molecule has 0 unspecified atom stereocenters. The molecule has 100 heavy (non-hydrogen) atoms. The van der Waals surface area contributed by atoms with Gasteiger partial charge in [0.25, 0.3) is 0 Å². The molecule has 0 aliphatic rings. The number of carbonyl (C=O) groups excluding carboxylic acids is 3. The van der Waals surface area contributed by atoms with Crippen LogP contribution >= 0.6 is 82.6 Å². The van der Waals surface area contributed by atoms with Crippen LogP contribution < -0.4 is 59.1 Å². The number of isocyanates is 1. The zero-order chi connectivity index (χ0) is 70.6. The van der Waals surface area contributed by atoms with Crippen molar-refractivity contribution in [1.82, 2.24) is 30.8 Å². The number of aromatic nitrogens is 4. The van der Waals surface area contributed by atoms with Gasteiger partial charge in [0, 0.05) is 87.4 Å². The van der Waals surface area contributed by atoms with Gasteiger partial charge >= 0.3 is 37.7 Å². The Balaban J connectivity index is 0. The average molecular weight is 1660 g/mol. The number of benzene rings is 7. The molecule has 0 atom stereocenters. The number of hydrogen-bond donors (Lipinski definition) is 9. The monoisotopic (exact) mass is 1650 g/mol. The first-order valence-electron chi connectivity index (χ1n) is 26.2. The van der Waals surface area contributed by atoms with Gasteiger partial charge in [-0.05, 0) is 127 Å². The molecule has 0 saturated heterocycles. The smallest absolute Gasteiger partial charge is 0.423 e. The SMILES string of the molecule is C.C.C.C.C.CN(N)c1cccc(Br)c1.CN(NC(=O)Nc1ccc(Cl)c(C(F)(F)F)c1)c1cccc(-c2cncnc2)c1.CN(NC(=O)Nc1ccc(Cl)c(C(F)(F)F)c1)c1cccc(Br)c1.NNc1cccc(Br)c1.O=C=Nc1ccc(Cl)c(C(F)(F)F)c1.OB(O)c1cncnc1. The summed E-state index contributed by atoms with van der Waals surface area (Å²) in [5.74, 6) is 10.6. The highest BCUT2D eigenvalue weighted by Gasteiger charge is 2.35. The number of anilines is 6. The molecule has 0 saturated carbocycles. The number of nitrogens with one attached hydrogen (secondary N) is 5. The summed E-state index contributed by atoms with van der Waals surface area (Å²) in [5, 5.41) is 24.8. The third-order valence-corrected chi connectivity index (χ3v) is 13.9. The summed E-state index contributed by atoms with van der Waals surface area (Å²) in [4.78, 5) is 52.1. The van der Waals surface area contributed by atoms with Crippen LogP contribution in [0.3, 0.4) is 0 Å². The molecule has 0 bridgehead atoms. The number of carbonyl (C=O) groups is 2. The van der Waals surface area contributed by atoms with E-state index in [-0.39, 0.29) is 54.2 Å². The van der Waals surface area contributed by atoms with Crippen LogP contribution in [0, 0.1) is 0 Å². The second kappa shape index (κ2) is 45.2. The Kier molecular flexibility index (Phi) is 42.3. The summed E-state index contributed by atoms with van der Waals surface area (Å²) in [7, 11) is 3.54. The van der Waals surface area contributed by atoms with Crippen molar-refractivity contribution in [1.29, 1.82) is 0 Å². The fraction of sp³-hybridized carbons (Fsp3) is 0.172. The summed E-state index contributed by atoms with van der Waals surface area (Å²) in [6, 6.07) is 37.6. The summed E-state index contributed by atoms with van der Waals surface area (Å²) in [5.41, 5.74) is 9.50. The molecule has 11 N–H and O–H groups in total. The molecule has 4 amide bonds. The lowest BCUT2D eigenvalue weighted by Gasteiger charge is -2.21. The van der Waals surface area contributed by atoms with Crippen molar-refractivity contribution in [3.63, 3.8) is 0 Å². The Morgan fingerprint density at radius 3 is 1.26 bits per heavy atom. The highest BCUT2D eigenvalue weighted by Crippen LogP contribution is 2.39. The first kappa shape index (κ1) is 93.5. The highest BCUT2D eigenvalue weighted by atomic mass is 79.9. The molecule has 7 aromatic carbocycles. The predicted molar refractivity (Wildman–Crippen MR) is 394 cm³/mol. The molecule has 0 fully saturated rings. The second-order valence-electron chi connectivity index (χ2n) is 18.4. The zero-order valence-electron chi connectivity index (χ0n) is 49.0. The van der Waals surface area contributed by atoms with Gasteiger partial charge in [-0.2, -0.15) is 44.5 Å². The number of hydrazine groups is 4. The summed E-state index contributed by atoms with van der Waals surface area (Å²) in [6.45, 7) is 0. The number of hydrogen-bond acceptors (Lipinski definition) is 16. The lowest BCUT2D eigenvalue weighted by atomic mass is 9.83. The number of nitrogen functional groups attached to an aromatic ring is 1. The summed E-state index contributed by atoms with van der Waals surface area (Å²) >= 11 is 26.4. The molecule has 9 rings (SSSR count). The van der Waals surface area contributed by atoms with Crippen LogP contribution in [0.25, 0.3) is 11.1 Å². The molecular weight excluding hydrogens is 1590 g/mol. The number of nitrogens with zero attached hydrogens (tertiary/aromatic N) is 8. The second-order valence-corrected chi connectivity index (χ2v) is 22.4. The van der Waals surface area contributed by atoms with Gasteiger partial charge < -0.3 is 31.1 Å². The molecule has 0 spiro atoms. The molecule has 2 heterocycles. The van der Waals surface area contributed by atoms with Crippen molar-refractivity contribution in [3.05, 3.63) is 234 Å². The molecule has 540 valence electrons. The Morgan fingerprint density at radius 2 is 0.890 bits per heavy atom. The molecule has 20 nitrogen and oxygen atoms in total. The topological polar surface area (TPSA) is 277 Å². The van der Waals surface area contributed by atoms with Crippen LogP contribution in [0.15, 0.2) is 208 Å². The number of amides is 4. The lowest BCUT2D eigenvalue weighted by molar-refractivity contribution is -0.138. The molecule has 9 aromatic rings. The standard InChI is InChI=1S/C19H15ClF3N5O.C15H12BrClF3N3O.C8H3ClF3NO.C7H9BrN2.C6H7BrN2.C4H5BN2O2.5CH4/c1-28(15-4-2-3-12(7-15)13-9-24-11-25-10-13)27-18(29)26-14-5-6-17(20)16(8-14)19(21,22)23;1-23(11-4-2-3-9(16)7-11)22-14(24)21-10-5-6-13(17)12(8-10)15(18,19)20;9-7-2-1-5(13-4-14)3-6(7)8(10,11)12;1-10(9)7-4-2-3-6(8)5-7;7-5-2-1-3-6(4-5)9-8;8-5(9)4-1-6-3-7-2-4;;;;;/h2-11H,1H3,(H2,26,27,29);2-8H,1H3,(H2,21,22,24);1-3H;2-5H,9H2,1H3;1-4,9H,8H2;1-3,8-9H;5*1H4. The quantitative estimate of drug-likeness (QED) is 0.0145. The fourth-order valence-corrected chi connectivity index (χ4v) is 8.84. The van der Waals surface area contributed by atoms with Crippen LogP contribution in [-0.4, -0.2) is 76.4 Å². The van der Waals surface area contributed by atoms with Crippen LogP contribution in [0.1, 0.15) is 53.8 Å². The average Bonchev–Trinajstić information content (AvgIpc) is 0.838. The van der Waals surface area contributed by atoms with Gasteiger partial charge in [-0.25, -0.2) is 51.0 Å². The van der Waals surface area contributed by atoms with Crippen LogP contribution in [0.2, 0.25) is 15.1 Å². The number of urea groups is 2. The maximum atomic E-state index is 12.9. The first-order valence-corrected chi connectivity index (χ1v) is 29.7. The van der Waals surface area contributed by atoms with E-state index in [9.17, 15) is 53.9 Å². The number of halogens is 15. The molecule has 0 aliphatic carbocycles. The zero-order valence-corrected chi connectivity index (χ0v) is 56.0. The third-order valence-electron chi connectivity index (χ3n) is 11.4. The van der Waals surface area contributed by atoms with Crippen LogP contribution in [0.5, 0.6) is 0 Å². The van der Waals surface area contributed by atoms with Crippen molar-refractivity contribution in [2.45, 2.75) is 55.7 Å². The van der Waals surface area contributed by atoms with Gasteiger partial charge in [-0.15, -0.1) is 0 Å². The molecule has 36 heteroatoms. The number of rotatable bonds is 11. The van der Waals surface area contributed by atoms with Crippen molar-refractivity contribution < 1.29 is 63.9 Å². The van der Waals surface area contributed by atoms with Gasteiger partial charge in [0.15, 0.2) is 0 Å². The Hall–Kier alpha value is -8.60. The minimum absolute atomic E-state index is 0. The van der Waals surface area contributed by atoms with Crippen molar-refractivity contribution >= 4 is 153 Å². The minimum atomic E-state index is -4.62. The largest absolute Gasteiger partial charge is 0.491 e. The van der Waals surface area contributed by atoms with Crippen LogP contribution in [0.4, 0.5) is 88.9 Å².